The lowest BCUT2D eigenvalue weighted by molar-refractivity contribution is -0.143. The molecule has 0 unspecified atom stereocenters. The van der Waals surface area contributed by atoms with Gasteiger partial charge in [0.25, 0.3) is 0 Å². The van der Waals surface area contributed by atoms with Crippen molar-refractivity contribution < 1.29 is 9.90 Å². The Hall–Kier alpha value is -1.42. The summed E-state index contributed by atoms with van der Waals surface area (Å²) in [5, 5.41) is 9.22. The Bertz CT molecular complexity index is 334. The summed E-state index contributed by atoms with van der Waals surface area (Å²) in [4.78, 5) is 17.2. The van der Waals surface area contributed by atoms with Crippen molar-refractivity contribution in [3.63, 3.8) is 0 Å². The van der Waals surface area contributed by atoms with Crippen LogP contribution in [0, 0.1) is 0 Å². The van der Waals surface area contributed by atoms with Gasteiger partial charge in [-0.05, 0) is 37.6 Å². The van der Waals surface area contributed by atoms with E-state index in [2.05, 4.69) is 4.98 Å². The molecule has 4 nitrogen and oxygen atoms in total. The first kappa shape index (κ1) is 10.1. The highest BCUT2D eigenvalue weighted by Crippen LogP contribution is 2.24. The summed E-state index contributed by atoms with van der Waals surface area (Å²) in [6.45, 7) is 1.73. The first-order chi connectivity index (χ1) is 7.29. The molecule has 0 bridgehead atoms. The van der Waals surface area contributed by atoms with Gasteiger partial charge in [0.15, 0.2) is 0 Å². The summed E-state index contributed by atoms with van der Waals surface area (Å²) < 4.78 is 0. The fourth-order valence-electron chi connectivity index (χ4n) is 2.05. The third kappa shape index (κ3) is 2.15. The average molecular weight is 206 g/mol. The number of carbonyl (C=O) groups is 1. The predicted octanol–water partition coefficient (Wildman–Crippen LogP) is 1.30. The molecule has 1 fully saturated rings. The van der Waals surface area contributed by atoms with Crippen LogP contribution in [0.25, 0.3) is 0 Å². The SMILES string of the molecule is O=C(O)[C@@H](c1cccnc1)N1CCCC1. The number of aromatic nitrogens is 1. The molecule has 0 saturated carbocycles. The Morgan fingerprint density at radius 1 is 1.47 bits per heavy atom. The Kier molecular flexibility index (Phi) is 2.97. The normalized spacial score (nSPS) is 18.9. The van der Waals surface area contributed by atoms with Gasteiger partial charge in [-0.2, -0.15) is 0 Å². The molecule has 0 spiro atoms. The summed E-state index contributed by atoms with van der Waals surface area (Å²) in [5.74, 6) is -0.787. The second-order valence-corrected chi connectivity index (χ2v) is 3.77. The topological polar surface area (TPSA) is 53.4 Å². The van der Waals surface area contributed by atoms with E-state index in [1.54, 1.807) is 18.5 Å². The number of carboxylic acids is 1. The molecule has 0 aromatic carbocycles. The number of likely N-dealkylation sites (tertiary alicyclic amines) is 1. The van der Waals surface area contributed by atoms with Gasteiger partial charge < -0.3 is 5.11 Å². The highest BCUT2D eigenvalue weighted by Gasteiger charge is 2.29. The third-order valence-electron chi connectivity index (χ3n) is 2.74. The molecule has 4 heteroatoms. The van der Waals surface area contributed by atoms with E-state index in [4.69, 9.17) is 0 Å². The van der Waals surface area contributed by atoms with Crippen molar-refractivity contribution in [1.82, 2.24) is 9.88 Å². The first-order valence-corrected chi connectivity index (χ1v) is 5.16. The molecule has 2 heterocycles. The van der Waals surface area contributed by atoms with E-state index in [-0.39, 0.29) is 0 Å². The number of hydrogen-bond donors (Lipinski definition) is 1. The minimum Gasteiger partial charge on any atom is -0.480 e. The molecule has 0 radical (unpaired) electrons. The summed E-state index contributed by atoms with van der Waals surface area (Å²) in [6, 6.07) is 3.08. The fraction of sp³-hybridized carbons (Fsp3) is 0.455. The molecule has 0 aliphatic carbocycles. The van der Waals surface area contributed by atoms with E-state index in [0.29, 0.717) is 0 Å². The van der Waals surface area contributed by atoms with Gasteiger partial charge in [0, 0.05) is 12.4 Å². The molecule has 1 aromatic heterocycles. The predicted molar refractivity (Wildman–Crippen MR) is 55.4 cm³/mol. The van der Waals surface area contributed by atoms with Gasteiger partial charge in [0.2, 0.25) is 0 Å². The van der Waals surface area contributed by atoms with Crippen molar-refractivity contribution >= 4 is 5.97 Å². The third-order valence-corrected chi connectivity index (χ3v) is 2.74. The number of carboxylic acid groups (broad SMARTS) is 1. The lowest BCUT2D eigenvalue weighted by Gasteiger charge is -2.23. The number of aliphatic carboxylic acids is 1. The van der Waals surface area contributed by atoms with Crippen molar-refractivity contribution in [3.05, 3.63) is 30.1 Å². The minimum atomic E-state index is -0.787. The second kappa shape index (κ2) is 4.40. The highest BCUT2D eigenvalue weighted by molar-refractivity contribution is 5.75. The van der Waals surface area contributed by atoms with Crippen molar-refractivity contribution in [2.24, 2.45) is 0 Å². The maximum Gasteiger partial charge on any atom is 0.325 e. The standard InChI is InChI=1S/C11H14N2O2/c14-11(15)10(13-6-1-2-7-13)9-4-3-5-12-8-9/h3-5,8,10H,1-2,6-7H2,(H,14,15)/t10-/m1/s1. The quantitative estimate of drug-likeness (QED) is 0.810. The van der Waals surface area contributed by atoms with Crippen LogP contribution in [0.2, 0.25) is 0 Å². The molecule has 2 rings (SSSR count). The highest BCUT2D eigenvalue weighted by atomic mass is 16.4. The van der Waals surface area contributed by atoms with Crippen LogP contribution in [0.1, 0.15) is 24.4 Å². The monoisotopic (exact) mass is 206 g/mol. The summed E-state index contributed by atoms with van der Waals surface area (Å²) in [6.07, 6.45) is 5.47. The minimum absolute atomic E-state index is 0.527. The van der Waals surface area contributed by atoms with Crippen molar-refractivity contribution in [2.45, 2.75) is 18.9 Å². The Morgan fingerprint density at radius 3 is 2.73 bits per heavy atom. The molecule has 1 saturated heterocycles. The smallest absolute Gasteiger partial charge is 0.325 e. The van der Waals surface area contributed by atoms with Crippen LogP contribution >= 0.6 is 0 Å². The van der Waals surface area contributed by atoms with Gasteiger partial charge in [-0.25, -0.2) is 0 Å². The van der Waals surface area contributed by atoms with E-state index in [1.165, 1.54) is 0 Å². The van der Waals surface area contributed by atoms with Gasteiger partial charge in [0.05, 0.1) is 0 Å². The first-order valence-electron chi connectivity index (χ1n) is 5.16. The van der Waals surface area contributed by atoms with Crippen LogP contribution in [-0.2, 0) is 4.79 Å². The molecule has 1 N–H and O–H groups in total. The number of rotatable bonds is 3. The molecule has 0 amide bonds. The zero-order valence-electron chi connectivity index (χ0n) is 8.47. The van der Waals surface area contributed by atoms with Crippen molar-refractivity contribution in [1.29, 1.82) is 0 Å². The largest absolute Gasteiger partial charge is 0.480 e. The Morgan fingerprint density at radius 2 is 2.20 bits per heavy atom. The van der Waals surface area contributed by atoms with Crippen LogP contribution in [0.3, 0.4) is 0 Å². The summed E-state index contributed by atoms with van der Waals surface area (Å²) in [5.41, 5.74) is 0.770. The molecule has 1 aliphatic rings. The zero-order chi connectivity index (χ0) is 10.7. The molecular formula is C11H14N2O2. The molecule has 80 valence electrons. The van der Waals surface area contributed by atoms with E-state index >= 15 is 0 Å². The summed E-state index contributed by atoms with van der Waals surface area (Å²) in [7, 11) is 0. The maximum absolute atomic E-state index is 11.2. The second-order valence-electron chi connectivity index (χ2n) is 3.77. The molecule has 1 aliphatic heterocycles. The van der Waals surface area contributed by atoms with Crippen molar-refractivity contribution in [2.75, 3.05) is 13.1 Å². The van der Waals surface area contributed by atoms with E-state index in [1.807, 2.05) is 11.0 Å². The number of hydrogen-bond acceptors (Lipinski definition) is 3. The van der Waals surface area contributed by atoms with E-state index in [0.717, 1.165) is 31.5 Å². The average Bonchev–Trinajstić information content (AvgIpc) is 2.72. The van der Waals surface area contributed by atoms with Gasteiger partial charge in [-0.15, -0.1) is 0 Å². The van der Waals surface area contributed by atoms with Gasteiger partial charge in [-0.3, -0.25) is 14.7 Å². The lowest BCUT2D eigenvalue weighted by atomic mass is 10.1. The van der Waals surface area contributed by atoms with E-state index < -0.39 is 12.0 Å². The lowest BCUT2D eigenvalue weighted by Crippen LogP contribution is -2.31. The van der Waals surface area contributed by atoms with Crippen molar-refractivity contribution in [3.8, 4) is 0 Å². The number of nitrogens with zero attached hydrogens (tertiary/aromatic N) is 2. The van der Waals surface area contributed by atoms with Gasteiger partial charge >= 0.3 is 5.97 Å². The van der Waals surface area contributed by atoms with Gasteiger partial charge in [0.1, 0.15) is 6.04 Å². The zero-order valence-corrected chi connectivity index (χ0v) is 8.47. The number of pyridine rings is 1. The maximum atomic E-state index is 11.2. The Balaban J connectivity index is 2.23. The van der Waals surface area contributed by atoms with Crippen LogP contribution in [0.5, 0.6) is 0 Å². The van der Waals surface area contributed by atoms with Crippen LogP contribution in [0.15, 0.2) is 24.5 Å². The molecule has 15 heavy (non-hydrogen) atoms. The molecular weight excluding hydrogens is 192 g/mol. The Labute approximate surface area is 88.6 Å². The van der Waals surface area contributed by atoms with Crippen LogP contribution in [-0.4, -0.2) is 34.0 Å². The van der Waals surface area contributed by atoms with E-state index in [9.17, 15) is 9.90 Å². The van der Waals surface area contributed by atoms with Crippen LogP contribution in [0.4, 0.5) is 0 Å². The molecule has 1 atom stereocenters. The van der Waals surface area contributed by atoms with Gasteiger partial charge in [-0.1, -0.05) is 6.07 Å². The molecule has 1 aromatic rings. The summed E-state index contributed by atoms with van der Waals surface area (Å²) >= 11 is 0. The van der Waals surface area contributed by atoms with Crippen LogP contribution < -0.4 is 0 Å². The fourth-order valence-corrected chi connectivity index (χ4v) is 2.05.